The molecule has 4 rings (SSSR count). The Labute approximate surface area is 237 Å². The molecule has 0 spiro atoms. The Balaban J connectivity index is 1.59. The van der Waals surface area contributed by atoms with Crippen LogP contribution in [0.1, 0.15) is 30.9 Å². The van der Waals surface area contributed by atoms with E-state index in [1.165, 1.54) is 7.11 Å². The Morgan fingerprint density at radius 2 is 1.57 bits per heavy atom. The van der Waals surface area contributed by atoms with Crippen LogP contribution in [0.25, 0.3) is 0 Å². The minimum absolute atomic E-state index is 0.0517. The molecule has 0 bridgehead atoms. The van der Waals surface area contributed by atoms with Gasteiger partial charge in [-0.2, -0.15) is 0 Å². The van der Waals surface area contributed by atoms with Crippen molar-refractivity contribution in [2.75, 3.05) is 79.7 Å². The highest BCUT2D eigenvalue weighted by Crippen LogP contribution is 2.46. The summed E-state index contributed by atoms with van der Waals surface area (Å²) >= 11 is 0. The van der Waals surface area contributed by atoms with Gasteiger partial charge in [-0.05, 0) is 44.1 Å². The van der Waals surface area contributed by atoms with Crippen molar-refractivity contribution in [3.8, 4) is 23.0 Å². The molecule has 2 heterocycles. The number of carbonyl (C=O) groups excluding carboxylic acids is 2. The number of rotatable bonds is 11. The molecule has 40 heavy (non-hydrogen) atoms. The molecule has 10 heteroatoms. The molecule has 2 aromatic carbocycles. The molecule has 2 aliphatic rings. The van der Waals surface area contributed by atoms with Crippen molar-refractivity contribution >= 4 is 17.5 Å². The topological polar surface area (TPSA) is 92.8 Å². The van der Waals surface area contributed by atoms with Gasteiger partial charge in [-0.15, -0.1) is 0 Å². The van der Waals surface area contributed by atoms with E-state index in [-0.39, 0.29) is 18.2 Å². The summed E-state index contributed by atoms with van der Waals surface area (Å²) in [4.78, 5) is 33.7. The summed E-state index contributed by atoms with van der Waals surface area (Å²) in [6, 6.07) is 10.5. The fraction of sp³-hybridized carbons (Fsp3) is 0.533. The number of carbonyl (C=O) groups is 2. The monoisotopic (exact) mass is 554 g/mol. The van der Waals surface area contributed by atoms with Gasteiger partial charge in [-0.3, -0.25) is 9.59 Å². The first-order chi connectivity index (χ1) is 19.4. The van der Waals surface area contributed by atoms with Crippen molar-refractivity contribution in [1.82, 2.24) is 15.1 Å². The van der Waals surface area contributed by atoms with E-state index in [9.17, 15) is 9.59 Å². The maximum atomic E-state index is 13.7. The zero-order valence-electron chi connectivity index (χ0n) is 24.3. The zero-order valence-corrected chi connectivity index (χ0v) is 24.3. The van der Waals surface area contributed by atoms with E-state index < -0.39 is 12.0 Å². The summed E-state index contributed by atoms with van der Waals surface area (Å²) in [6.07, 6.45) is 1.59. The van der Waals surface area contributed by atoms with Crippen LogP contribution in [-0.2, 0) is 9.59 Å². The van der Waals surface area contributed by atoms with E-state index in [4.69, 9.17) is 18.9 Å². The number of methoxy groups -OCH3 is 4. The van der Waals surface area contributed by atoms with Crippen molar-refractivity contribution in [1.29, 1.82) is 0 Å². The number of likely N-dealkylation sites (N-methyl/N-ethyl adjacent to an activating group) is 1. The van der Waals surface area contributed by atoms with Gasteiger partial charge in [0.1, 0.15) is 5.75 Å². The van der Waals surface area contributed by atoms with Crippen LogP contribution in [-0.4, -0.2) is 96.4 Å². The smallest absolute Gasteiger partial charge is 0.227 e. The molecule has 2 aromatic rings. The van der Waals surface area contributed by atoms with Crippen molar-refractivity contribution < 1.29 is 28.5 Å². The molecule has 2 amide bonds. The summed E-state index contributed by atoms with van der Waals surface area (Å²) in [5.74, 6) is 1.46. The van der Waals surface area contributed by atoms with Crippen LogP contribution in [0.4, 0.5) is 5.69 Å². The van der Waals surface area contributed by atoms with Gasteiger partial charge in [-0.1, -0.05) is 12.1 Å². The average Bonchev–Trinajstić information content (AvgIpc) is 2.99. The minimum Gasteiger partial charge on any atom is -0.497 e. The van der Waals surface area contributed by atoms with Gasteiger partial charge in [0.15, 0.2) is 11.5 Å². The predicted octanol–water partition coefficient (Wildman–Crippen LogP) is 2.96. The van der Waals surface area contributed by atoms with E-state index in [1.807, 2.05) is 24.3 Å². The first-order valence-corrected chi connectivity index (χ1v) is 13.8. The van der Waals surface area contributed by atoms with Gasteiger partial charge in [0.05, 0.1) is 46.1 Å². The van der Waals surface area contributed by atoms with Gasteiger partial charge in [-0.25, -0.2) is 0 Å². The molecular formula is C30H42N4O6. The lowest BCUT2D eigenvalue weighted by Crippen LogP contribution is -2.49. The molecule has 0 saturated carbocycles. The number of piperidine rings is 1. The summed E-state index contributed by atoms with van der Waals surface area (Å²) in [5, 5.41) is 3.17. The van der Waals surface area contributed by atoms with Gasteiger partial charge in [0.25, 0.3) is 0 Å². The van der Waals surface area contributed by atoms with Crippen LogP contribution in [0.5, 0.6) is 23.0 Å². The predicted molar refractivity (Wildman–Crippen MR) is 154 cm³/mol. The Kier molecular flexibility index (Phi) is 10.1. The highest BCUT2D eigenvalue weighted by atomic mass is 16.5. The normalized spacial score (nSPS) is 20.2. The van der Waals surface area contributed by atoms with Crippen LogP contribution < -0.4 is 29.2 Å². The number of amides is 2. The lowest BCUT2D eigenvalue weighted by molar-refractivity contribution is -0.129. The molecule has 2 atom stereocenters. The molecule has 0 aromatic heterocycles. The second kappa shape index (κ2) is 13.7. The summed E-state index contributed by atoms with van der Waals surface area (Å²) in [5.41, 5.74) is 1.42. The fourth-order valence-electron chi connectivity index (χ4n) is 5.58. The second-order valence-electron chi connectivity index (χ2n) is 10.3. The van der Waals surface area contributed by atoms with Gasteiger partial charge in [0, 0.05) is 51.3 Å². The van der Waals surface area contributed by atoms with Gasteiger partial charge < -0.3 is 39.0 Å². The molecular weight excluding hydrogens is 512 g/mol. The number of hydrogen-bond acceptors (Lipinski definition) is 8. The van der Waals surface area contributed by atoms with E-state index in [2.05, 4.69) is 22.2 Å². The Morgan fingerprint density at radius 1 is 0.925 bits per heavy atom. The number of anilines is 1. The van der Waals surface area contributed by atoms with E-state index in [0.29, 0.717) is 41.7 Å². The molecule has 218 valence electrons. The fourth-order valence-corrected chi connectivity index (χ4v) is 5.58. The van der Waals surface area contributed by atoms with Crippen LogP contribution >= 0.6 is 0 Å². The van der Waals surface area contributed by atoms with Crippen LogP contribution in [0.3, 0.4) is 0 Å². The molecule has 2 fully saturated rings. The molecule has 0 aliphatic carbocycles. The highest BCUT2D eigenvalue weighted by Gasteiger charge is 2.42. The Hall–Kier alpha value is -3.50. The third-order valence-electron chi connectivity index (χ3n) is 7.87. The van der Waals surface area contributed by atoms with Crippen LogP contribution in [0, 0.1) is 5.92 Å². The van der Waals surface area contributed by atoms with E-state index in [1.54, 1.807) is 38.4 Å². The summed E-state index contributed by atoms with van der Waals surface area (Å²) in [7, 11) is 8.38. The van der Waals surface area contributed by atoms with Crippen molar-refractivity contribution in [2.24, 2.45) is 5.92 Å². The number of ether oxygens (including phenoxy) is 4. The third-order valence-corrected chi connectivity index (χ3v) is 7.87. The number of nitrogens with zero attached hydrogens (tertiary/aromatic N) is 3. The molecule has 1 N–H and O–H groups in total. The lowest BCUT2D eigenvalue weighted by Gasteiger charge is -2.41. The van der Waals surface area contributed by atoms with E-state index >= 15 is 0 Å². The van der Waals surface area contributed by atoms with Gasteiger partial charge in [0.2, 0.25) is 17.6 Å². The highest BCUT2D eigenvalue weighted by molar-refractivity contribution is 5.98. The third kappa shape index (κ3) is 6.62. The largest absolute Gasteiger partial charge is 0.497 e. The quantitative estimate of drug-likeness (QED) is 0.424. The first kappa shape index (κ1) is 29.5. The zero-order chi connectivity index (χ0) is 28.6. The Bertz CT molecular complexity index is 1120. The minimum atomic E-state index is -0.521. The molecule has 0 radical (unpaired) electrons. The van der Waals surface area contributed by atoms with Gasteiger partial charge >= 0.3 is 0 Å². The maximum Gasteiger partial charge on any atom is 0.227 e. The molecule has 0 unspecified atom stereocenters. The average molecular weight is 555 g/mol. The number of benzene rings is 2. The number of hydrogen-bond donors (Lipinski definition) is 1. The number of nitrogens with one attached hydrogen (secondary N) is 1. The standard InChI is InChI=1S/C30H42N4O6/c1-32-15-17-33(18-16-32)14-6-13-31-30(36)24-11-12-27(35)34(28(24)21-7-9-23(37-2)10-8-21)22-19-25(38-3)29(40-5)26(20-22)39-4/h7-10,19-20,24,28H,6,11-18H2,1-5H3,(H,31,36)/t24-,28+/m0/s1. The van der Waals surface area contributed by atoms with Crippen molar-refractivity contribution in [3.63, 3.8) is 0 Å². The lowest BCUT2D eigenvalue weighted by atomic mass is 9.83. The number of piperazine rings is 1. The van der Waals surface area contributed by atoms with Crippen molar-refractivity contribution in [3.05, 3.63) is 42.0 Å². The molecule has 10 nitrogen and oxygen atoms in total. The second-order valence-corrected chi connectivity index (χ2v) is 10.3. The Morgan fingerprint density at radius 3 is 2.15 bits per heavy atom. The van der Waals surface area contributed by atoms with E-state index in [0.717, 1.165) is 44.7 Å². The summed E-state index contributed by atoms with van der Waals surface area (Å²) < 4.78 is 22.0. The van der Waals surface area contributed by atoms with Crippen molar-refractivity contribution in [2.45, 2.75) is 25.3 Å². The molecule has 2 aliphatic heterocycles. The van der Waals surface area contributed by atoms with Crippen LogP contribution in [0.15, 0.2) is 36.4 Å². The SMILES string of the molecule is COc1ccc([C@@H]2[C@@H](C(=O)NCCCN3CCN(C)CC3)CCC(=O)N2c2cc(OC)c(OC)c(OC)c2)cc1. The van der Waals surface area contributed by atoms with Crippen LogP contribution in [0.2, 0.25) is 0 Å². The molecule has 2 saturated heterocycles. The maximum absolute atomic E-state index is 13.7. The summed E-state index contributed by atoms with van der Waals surface area (Å²) in [6.45, 7) is 5.80. The first-order valence-electron chi connectivity index (χ1n) is 13.8.